The molecule has 3 aromatic rings. The highest BCUT2D eigenvalue weighted by Crippen LogP contribution is 2.34. The molecule has 208 valence electrons. The smallest absolute Gasteiger partial charge is 0.314 e. The first-order chi connectivity index (χ1) is 18.6. The zero-order valence-corrected chi connectivity index (χ0v) is 24.7. The van der Waals surface area contributed by atoms with Crippen LogP contribution in [0.5, 0.6) is 5.75 Å². The second-order valence-corrected chi connectivity index (χ2v) is 12.4. The molecule has 0 aliphatic heterocycles. The Labute approximate surface area is 234 Å². The van der Waals surface area contributed by atoms with E-state index in [4.69, 9.17) is 9.72 Å². The second kappa shape index (κ2) is 14.9. The van der Waals surface area contributed by atoms with E-state index in [0.29, 0.717) is 11.7 Å². The number of ether oxygens (including phenoxy) is 1. The number of fused-ring (bicyclic) bond motifs is 1. The third-order valence-electron chi connectivity index (χ3n) is 8.50. The number of thiazole rings is 1. The lowest BCUT2D eigenvalue weighted by atomic mass is 9.80. The SMILES string of the molecule is CCCCCCCC1CCC(C(=O)Oc2ccc(-c3cn4c(C(C)CCCCCC)csc4n3)cc2)CC1. The Morgan fingerprint density at radius 2 is 1.66 bits per heavy atom. The van der Waals surface area contributed by atoms with E-state index in [1.165, 1.54) is 89.2 Å². The fraction of sp³-hybridized carbons (Fsp3) is 0.636. The van der Waals surface area contributed by atoms with Crippen molar-refractivity contribution in [3.8, 4) is 17.0 Å². The minimum Gasteiger partial charge on any atom is -0.426 e. The number of benzene rings is 1. The van der Waals surface area contributed by atoms with Crippen LogP contribution in [0.3, 0.4) is 0 Å². The number of aromatic nitrogens is 2. The monoisotopic (exact) mass is 536 g/mol. The molecule has 2 aromatic heterocycles. The van der Waals surface area contributed by atoms with Gasteiger partial charge in [0.05, 0.1) is 11.6 Å². The van der Waals surface area contributed by atoms with Gasteiger partial charge in [-0.2, -0.15) is 0 Å². The van der Waals surface area contributed by atoms with Crippen LogP contribution in [-0.4, -0.2) is 15.4 Å². The largest absolute Gasteiger partial charge is 0.426 e. The Morgan fingerprint density at radius 3 is 2.37 bits per heavy atom. The van der Waals surface area contributed by atoms with E-state index < -0.39 is 0 Å². The van der Waals surface area contributed by atoms with Crippen molar-refractivity contribution in [2.45, 2.75) is 123 Å². The number of carbonyl (C=O) groups is 1. The highest BCUT2D eigenvalue weighted by Gasteiger charge is 2.27. The minimum absolute atomic E-state index is 0.0494. The molecule has 1 fully saturated rings. The molecule has 0 radical (unpaired) electrons. The third-order valence-corrected chi connectivity index (χ3v) is 9.36. The van der Waals surface area contributed by atoms with Gasteiger partial charge >= 0.3 is 5.97 Å². The van der Waals surface area contributed by atoms with Crippen molar-refractivity contribution in [1.82, 2.24) is 9.38 Å². The van der Waals surface area contributed by atoms with Crippen LogP contribution in [0.15, 0.2) is 35.8 Å². The maximum atomic E-state index is 12.8. The molecular formula is C33H48N2O2S. The van der Waals surface area contributed by atoms with Gasteiger partial charge in [-0.15, -0.1) is 11.3 Å². The van der Waals surface area contributed by atoms with Crippen molar-refractivity contribution in [3.63, 3.8) is 0 Å². The molecule has 2 heterocycles. The topological polar surface area (TPSA) is 43.6 Å². The summed E-state index contributed by atoms with van der Waals surface area (Å²) in [7, 11) is 0. The van der Waals surface area contributed by atoms with E-state index in [0.717, 1.165) is 35.0 Å². The number of unbranched alkanes of at least 4 members (excludes halogenated alkanes) is 7. The summed E-state index contributed by atoms with van der Waals surface area (Å²) >= 11 is 1.72. The molecule has 1 aliphatic carbocycles. The van der Waals surface area contributed by atoms with Gasteiger partial charge in [0.2, 0.25) is 0 Å². The van der Waals surface area contributed by atoms with Crippen LogP contribution in [0.1, 0.15) is 129 Å². The highest BCUT2D eigenvalue weighted by atomic mass is 32.1. The molecule has 1 aromatic carbocycles. The van der Waals surface area contributed by atoms with Gasteiger partial charge in [0, 0.05) is 22.8 Å². The first kappa shape index (κ1) is 28.9. The molecule has 1 atom stereocenters. The maximum Gasteiger partial charge on any atom is 0.314 e. The van der Waals surface area contributed by atoms with Crippen molar-refractivity contribution in [3.05, 3.63) is 41.5 Å². The molecule has 1 saturated carbocycles. The predicted octanol–water partition coefficient (Wildman–Crippen LogP) is 10.2. The van der Waals surface area contributed by atoms with Crippen molar-refractivity contribution in [2.24, 2.45) is 11.8 Å². The van der Waals surface area contributed by atoms with Crippen molar-refractivity contribution in [2.75, 3.05) is 0 Å². The minimum atomic E-state index is -0.0563. The molecule has 0 spiro atoms. The number of imidazole rings is 1. The Morgan fingerprint density at radius 1 is 0.974 bits per heavy atom. The molecule has 5 heteroatoms. The second-order valence-electron chi connectivity index (χ2n) is 11.6. The van der Waals surface area contributed by atoms with Crippen LogP contribution >= 0.6 is 11.3 Å². The van der Waals surface area contributed by atoms with Gasteiger partial charge in [-0.1, -0.05) is 85.0 Å². The molecule has 4 rings (SSSR count). The molecule has 0 N–H and O–H groups in total. The summed E-state index contributed by atoms with van der Waals surface area (Å²) in [5.74, 6) is 1.96. The van der Waals surface area contributed by atoms with Crippen LogP contribution in [0, 0.1) is 11.8 Å². The Balaban J connectivity index is 1.26. The Kier molecular flexibility index (Phi) is 11.3. The van der Waals surface area contributed by atoms with Gasteiger partial charge in [-0.3, -0.25) is 9.20 Å². The van der Waals surface area contributed by atoms with E-state index in [9.17, 15) is 4.79 Å². The van der Waals surface area contributed by atoms with Gasteiger partial charge in [-0.05, 0) is 68.2 Å². The molecule has 0 saturated heterocycles. The molecule has 4 nitrogen and oxygen atoms in total. The zero-order valence-electron chi connectivity index (χ0n) is 23.9. The van der Waals surface area contributed by atoms with Gasteiger partial charge < -0.3 is 4.74 Å². The summed E-state index contributed by atoms with van der Waals surface area (Å²) in [6.45, 7) is 6.86. The van der Waals surface area contributed by atoms with Crippen LogP contribution < -0.4 is 4.74 Å². The van der Waals surface area contributed by atoms with Crippen molar-refractivity contribution < 1.29 is 9.53 Å². The fourth-order valence-electron chi connectivity index (χ4n) is 5.94. The summed E-state index contributed by atoms with van der Waals surface area (Å²) < 4.78 is 8.06. The number of hydrogen-bond acceptors (Lipinski definition) is 4. The van der Waals surface area contributed by atoms with E-state index >= 15 is 0 Å². The van der Waals surface area contributed by atoms with Crippen molar-refractivity contribution in [1.29, 1.82) is 0 Å². The molecule has 1 unspecified atom stereocenters. The number of carbonyl (C=O) groups excluding carboxylic acids is 1. The number of rotatable bonds is 15. The summed E-state index contributed by atoms with van der Waals surface area (Å²) in [5.41, 5.74) is 3.39. The van der Waals surface area contributed by atoms with Gasteiger partial charge in [0.15, 0.2) is 4.96 Å². The summed E-state index contributed by atoms with van der Waals surface area (Å²) in [4.78, 5) is 18.7. The molecule has 0 amide bonds. The zero-order chi connectivity index (χ0) is 26.7. The van der Waals surface area contributed by atoms with Gasteiger partial charge in [-0.25, -0.2) is 4.98 Å². The summed E-state index contributed by atoms with van der Waals surface area (Å²) in [6, 6.07) is 7.89. The lowest BCUT2D eigenvalue weighted by molar-refractivity contribution is -0.140. The Bertz CT molecular complexity index is 1110. The Hall–Kier alpha value is -2.14. The van der Waals surface area contributed by atoms with Crippen LogP contribution in [0.4, 0.5) is 0 Å². The van der Waals surface area contributed by atoms with E-state index in [1.807, 2.05) is 24.3 Å². The number of esters is 1. The van der Waals surface area contributed by atoms with Crippen LogP contribution in [-0.2, 0) is 4.79 Å². The molecular weight excluding hydrogens is 488 g/mol. The maximum absolute atomic E-state index is 12.8. The number of nitrogens with zero attached hydrogens (tertiary/aromatic N) is 2. The first-order valence-corrected chi connectivity index (χ1v) is 16.3. The number of hydrogen-bond donors (Lipinski definition) is 0. The normalized spacial score (nSPS) is 18.6. The lowest BCUT2D eigenvalue weighted by Crippen LogP contribution is -2.25. The summed E-state index contributed by atoms with van der Waals surface area (Å²) in [6.07, 6.45) is 21.0. The quantitative estimate of drug-likeness (QED) is 0.110. The van der Waals surface area contributed by atoms with E-state index in [-0.39, 0.29) is 11.9 Å². The molecule has 1 aliphatic rings. The van der Waals surface area contributed by atoms with E-state index in [2.05, 4.69) is 36.7 Å². The average Bonchev–Trinajstić information content (AvgIpc) is 3.53. The lowest BCUT2D eigenvalue weighted by Gasteiger charge is -2.27. The predicted molar refractivity (Wildman–Crippen MR) is 160 cm³/mol. The van der Waals surface area contributed by atoms with Gasteiger partial charge in [0.25, 0.3) is 0 Å². The van der Waals surface area contributed by atoms with Crippen molar-refractivity contribution >= 4 is 22.3 Å². The average molecular weight is 537 g/mol. The standard InChI is InChI=1S/C33H48N2O2S/c1-4-6-8-10-12-14-26-15-17-28(18-16-26)32(36)37-29-21-19-27(20-22-29)30-23-35-31(24-38-33(35)34-30)25(3)13-11-9-7-5-2/h19-26,28H,4-18H2,1-3H3. The molecule has 38 heavy (non-hydrogen) atoms. The van der Waals surface area contributed by atoms with Crippen LogP contribution in [0.2, 0.25) is 0 Å². The highest BCUT2D eigenvalue weighted by molar-refractivity contribution is 7.15. The first-order valence-electron chi connectivity index (χ1n) is 15.4. The van der Waals surface area contributed by atoms with Gasteiger partial charge in [0.1, 0.15) is 5.75 Å². The fourth-order valence-corrected chi connectivity index (χ4v) is 6.93. The van der Waals surface area contributed by atoms with Crippen LogP contribution in [0.25, 0.3) is 16.2 Å². The van der Waals surface area contributed by atoms with E-state index in [1.54, 1.807) is 11.3 Å². The summed E-state index contributed by atoms with van der Waals surface area (Å²) in [5, 5.41) is 2.26. The molecule has 0 bridgehead atoms. The third kappa shape index (κ3) is 7.94.